The van der Waals surface area contributed by atoms with Gasteiger partial charge in [0.2, 0.25) is 11.6 Å². The molecule has 2 aromatic carbocycles. The van der Waals surface area contributed by atoms with Crippen LogP contribution in [-0.4, -0.2) is 43.2 Å². The summed E-state index contributed by atoms with van der Waals surface area (Å²) < 4.78 is 21.5. The van der Waals surface area contributed by atoms with Crippen molar-refractivity contribution in [2.24, 2.45) is 0 Å². The van der Waals surface area contributed by atoms with Gasteiger partial charge in [0.25, 0.3) is 5.91 Å². The minimum Gasteiger partial charge on any atom is -0.493 e. The molecule has 1 heterocycles. The van der Waals surface area contributed by atoms with E-state index in [-0.39, 0.29) is 6.01 Å². The number of rotatable bonds is 10. The highest BCUT2D eigenvalue weighted by Gasteiger charge is 2.13. The molecule has 0 aliphatic rings. The van der Waals surface area contributed by atoms with Crippen LogP contribution in [0.5, 0.6) is 17.2 Å². The maximum absolute atomic E-state index is 12.3. The Hall–Kier alpha value is -3.46. The average molecular weight is 456 g/mol. The summed E-state index contributed by atoms with van der Waals surface area (Å²) in [5.74, 6) is 2.51. The first-order chi connectivity index (χ1) is 15.6. The topological polar surface area (TPSA) is 95.7 Å². The number of ether oxygens (including phenoxy) is 3. The zero-order chi connectivity index (χ0) is 22.9. The Labute approximate surface area is 191 Å². The monoisotopic (exact) mass is 455 g/mol. The van der Waals surface area contributed by atoms with Crippen molar-refractivity contribution >= 4 is 29.8 Å². The third-order valence-electron chi connectivity index (χ3n) is 4.40. The number of nitrogens with one attached hydrogen (secondary N) is 1. The molecule has 8 nitrogen and oxygen atoms in total. The van der Waals surface area contributed by atoms with E-state index in [4.69, 9.17) is 18.6 Å². The first-order valence-corrected chi connectivity index (χ1v) is 10.9. The van der Waals surface area contributed by atoms with E-state index in [9.17, 15) is 4.79 Å². The number of hydrogen-bond acceptors (Lipinski definition) is 8. The van der Waals surface area contributed by atoms with Crippen LogP contribution in [0.3, 0.4) is 0 Å². The van der Waals surface area contributed by atoms with Crippen molar-refractivity contribution in [3.8, 4) is 17.2 Å². The molecule has 32 heavy (non-hydrogen) atoms. The van der Waals surface area contributed by atoms with Crippen LogP contribution in [0.4, 0.5) is 6.01 Å². The fourth-order valence-corrected chi connectivity index (χ4v) is 3.60. The lowest BCUT2D eigenvalue weighted by Crippen LogP contribution is -2.07. The average Bonchev–Trinajstić information content (AvgIpc) is 3.24. The van der Waals surface area contributed by atoms with Crippen molar-refractivity contribution in [3.63, 3.8) is 0 Å². The molecule has 0 unspecified atom stereocenters. The van der Waals surface area contributed by atoms with Gasteiger partial charge in [-0.2, -0.15) is 0 Å². The van der Waals surface area contributed by atoms with E-state index >= 15 is 0 Å². The number of hydrogen-bond donors (Lipinski definition) is 1. The van der Waals surface area contributed by atoms with Gasteiger partial charge in [0, 0.05) is 11.0 Å². The summed E-state index contributed by atoms with van der Waals surface area (Å²) in [4.78, 5) is 13.5. The maximum Gasteiger partial charge on any atom is 0.322 e. The van der Waals surface area contributed by atoms with Crippen molar-refractivity contribution in [1.82, 2.24) is 10.2 Å². The van der Waals surface area contributed by atoms with Gasteiger partial charge in [-0.05, 0) is 47.2 Å². The molecule has 0 radical (unpaired) electrons. The first kappa shape index (κ1) is 23.2. The van der Waals surface area contributed by atoms with Gasteiger partial charge in [0.1, 0.15) is 0 Å². The second kappa shape index (κ2) is 11.2. The Kier molecular flexibility index (Phi) is 8.15. The normalized spacial score (nSPS) is 10.9. The minimum atomic E-state index is -0.408. The number of aromatic nitrogens is 2. The Morgan fingerprint density at radius 3 is 2.34 bits per heavy atom. The molecular formula is C23H25N3O5S. The zero-order valence-corrected chi connectivity index (χ0v) is 19.2. The molecule has 0 aliphatic carbocycles. The van der Waals surface area contributed by atoms with E-state index in [1.54, 1.807) is 30.0 Å². The van der Waals surface area contributed by atoms with Crippen LogP contribution in [0.15, 0.2) is 51.8 Å². The summed E-state index contributed by atoms with van der Waals surface area (Å²) in [6.45, 7) is 2.12. The molecule has 3 rings (SSSR count). The van der Waals surface area contributed by atoms with Crippen LogP contribution in [0, 0.1) is 0 Å². The molecule has 0 aliphatic heterocycles. The van der Waals surface area contributed by atoms with Crippen LogP contribution in [0.2, 0.25) is 0 Å². The number of thioether (sulfide) groups is 1. The molecule has 3 aromatic rings. The van der Waals surface area contributed by atoms with E-state index in [2.05, 4.69) is 34.6 Å². The van der Waals surface area contributed by atoms with Crippen LogP contribution < -0.4 is 19.5 Å². The summed E-state index contributed by atoms with van der Waals surface area (Å²) >= 11 is 1.78. The standard InChI is InChI=1S/C23H25N3O5S/c1-5-32-17-9-6-15(7-10-17)14-21-25-26-23(31-21)24-20(27)11-8-16-12-18(28-2)22(30-4)19(13-16)29-3/h6-13H,5,14H2,1-4H3,(H,24,26,27)/b11-8+. The highest BCUT2D eigenvalue weighted by Crippen LogP contribution is 2.38. The maximum atomic E-state index is 12.3. The van der Waals surface area contributed by atoms with Gasteiger partial charge >= 0.3 is 6.01 Å². The summed E-state index contributed by atoms with van der Waals surface area (Å²) in [6.07, 6.45) is 3.46. The smallest absolute Gasteiger partial charge is 0.322 e. The van der Waals surface area contributed by atoms with E-state index in [1.165, 1.54) is 32.3 Å². The lowest BCUT2D eigenvalue weighted by atomic mass is 10.1. The highest BCUT2D eigenvalue weighted by atomic mass is 32.2. The highest BCUT2D eigenvalue weighted by molar-refractivity contribution is 7.99. The van der Waals surface area contributed by atoms with Crippen molar-refractivity contribution < 1.29 is 23.4 Å². The number of benzene rings is 2. The summed E-state index contributed by atoms with van der Waals surface area (Å²) in [5, 5.41) is 10.5. The zero-order valence-electron chi connectivity index (χ0n) is 18.4. The van der Waals surface area contributed by atoms with Gasteiger partial charge in [-0.3, -0.25) is 10.1 Å². The Balaban J connectivity index is 1.62. The lowest BCUT2D eigenvalue weighted by molar-refractivity contribution is -0.112. The molecular weight excluding hydrogens is 430 g/mol. The quantitative estimate of drug-likeness (QED) is 0.354. The molecule has 0 saturated carbocycles. The number of nitrogens with zero attached hydrogens (tertiary/aromatic N) is 2. The molecule has 0 bridgehead atoms. The Bertz CT molecular complexity index is 1050. The van der Waals surface area contributed by atoms with Gasteiger partial charge < -0.3 is 18.6 Å². The van der Waals surface area contributed by atoms with E-state index in [0.29, 0.717) is 35.1 Å². The molecule has 0 fully saturated rings. The molecule has 168 valence electrons. The van der Waals surface area contributed by atoms with E-state index in [0.717, 1.165) is 11.3 Å². The predicted octanol–water partition coefficient (Wildman–Crippen LogP) is 4.45. The van der Waals surface area contributed by atoms with Gasteiger partial charge in [-0.25, -0.2) is 0 Å². The molecule has 0 atom stereocenters. The van der Waals surface area contributed by atoms with Crippen molar-refractivity contribution in [1.29, 1.82) is 0 Å². The minimum absolute atomic E-state index is 0.0395. The van der Waals surface area contributed by atoms with E-state index < -0.39 is 5.91 Å². The van der Waals surface area contributed by atoms with Crippen LogP contribution >= 0.6 is 11.8 Å². The van der Waals surface area contributed by atoms with Crippen LogP contribution in [0.25, 0.3) is 6.08 Å². The fourth-order valence-electron chi connectivity index (χ4n) is 2.94. The summed E-state index contributed by atoms with van der Waals surface area (Å²) in [7, 11) is 4.59. The van der Waals surface area contributed by atoms with Crippen molar-refractivity contribution in [3.05, 3.63) is 59.5 Å². The number of amides is 1. The van der Waals surface area contributed by atoms with Crippen molar-refractivity contribution in [2.45, 2.75) is 18.2 Å². The second-order valence-electron chi connectivity index (χ2n) is 6.54. The number of methoxy groups -OCH3 is 3. The summed E-state index contributed by atoms with van der Waals surface area (Å²) in [6, 6.07) is 11.7. The lowest BCUT2D eigenvalue weighted by Gasteiger charge is -2.12. The predicted molar refractivity (Wildman–Crippen MR) is 124 cm³/mol. The largest absolute Gasteiger partial charge is 0.493 e. The number of carbonyl (C=O) groups is 1. The molecule has 1 N–H and O–H groups in total. The van der Waals surface area contributed by atoms with Gasteiger partial charge in [0.05, 0.1) is 27.8 Å². The fraction of sp³-hybridized carbons (Fsp3) is 0.261. The number of carbonyl (C=O) groups excluding carboxylic acids is 1. The molecule has 1 amide bonds. The van der Waals surface area contributed by atoms with Crippen LogP contribution in [-0.2, 0) is 11.2 Å². The van der Waals surface area contributed by atoms with Gasteiger partial charge in [-0.15, -0.1) is 16.9 Å². The van der Waals surface area contributed by atoms with Gasteiger partial charge in [-0.1, -0.05) is 24.2 Å². The molecule has 0 spiro atoms. The van der Waals surface area contributed by atoms with Crippen molar-refractivity contribution in [2.75, 3.05) is 32.4 Å². The third kappa shape index (κ3) is 6.04. The van der Waals surface area contributed by atoms with Gasteiger partial charge in [0.15, 0.2) is 11.5 Å². The molecule has 0 saturated heterocycles. The Morgan fingerprint density at radius 2 is 1.75 bits per heavy atom. The SMILES string of the molecule is CCSc1ccc(Cc2nnc(NC(=O)/C=C/c3cc(OC)c(OC)c(OC)c3)o2)cc1. The second-order valence-corrected chi connectivity index (χ2v) is 7.87. The Morgan fingerprint density at radius 1 is 1.06 bits per heavy atom. The first-order valence-electron chi connectivity index (χ1n) is 9.89. The molecule has 9 heteroatoms. The molecule has 1 aromatic heterocycles. The third-order valence-corrected chi connectivity index (χ3v) is 5.30. The summed E-state index contributed by atoms with van der Waals surface area (Å²) in [5.41, 5.74) is 1.75. The van der Waals surface area contributed by atoms with E-state index in [1.807, 2.05) is 12.1 Å². The number of anilines is 1. The van der Waals surface area contributed by atoms with Crippen LogP contribution in [0.1, 0.15) is 23.9 Å².